The summed E-state index contributed by atoms with van der Waals surface area (Å²) in [5.41, 5.74) is 0. The van der Waals surface area contributed by atoms with Crippen LogP contribution in [0.4, 0.5) is 4.79 Å². The molecule has 2 fully saturated rings. The molecule has 6 heteroatoms. The minimum atomic E-state index is -0.731. The van der Waals surface area contributed by atoms with Crippen molar-refractivity contribution < 1.29 is 18.8 Å². The first-order valence-corrected chi connectivity index (χ1v) is 6.85. The van der Waals surface area contributed by atoms with Crippen LogP contribution < -0.4 is 5.32 Å². The summed E-state index contributed by atoms with van der Waals surface area (Å²) in [5, 5.41) is 2.28. The van der Waals surface area contributed by atoms with Gasteiger partial charge in [0, 0.05) is 0 Å². The third-order valence-corrected chi connectivity index (χ3v) is 4.06. The highest BCUT2D eigenvalue weighted by atomic mass is 16.3. The van der Waals surface area contributed by atoms with E-state index in [4.69, 9.17) is 4.42 Å². The average Bonchev–Trinajstić information content (AvgIpc) is 3.07. The van der Waals surface area contributed by atoms with E-state index in [0.717, 1.165) is 30.6 Å². The van der Waals surface area contributed by atoms with Gasteiger partial charge in [0.2, 0.25) is 11.8 Å². The molecule has 0 radical (unpaired) electrons. The van der Waals surface area contributed by atoms with Crippen molar-refractivity contribution in [3.05, 3.63) is 24.2 Å². The monoisotopic (exact) mass is 276 g/mol. The van der Waals surface area contributed by atoms with Crippen LogP contribution in [-0.2, 0) is 16.1 Å². The van der Waals surface area contributed by atoms with Gasteiger partial charge in [-0.05, 0) is 30.9 Å². The molecule has 6 nitrogen and oxygen atoms in total. The molecule has 1 unspecified atom stereocenters. The van der Waals surface area contributed by atoms with E-state index in [0.29, 0.717) is 5.76 Å². The molecular formula is C14H16N2O4. The molecule has 1 aliphatic carbocycles. The molecule has 1 aliphatic heterocycles. The van der Waals surface area contributed by atoms with Gasteiger partial charge in [0.05, 0.1) is 12.8 Å². The van der Waals surface area contributed by atoms with Gasteiger partial charge >= 0.3 is 6.03 Å². The molecular weight excluding hydrogens is 260 g/mol. The highest BCUT2D eigenvalue weighted by Gasteiger charge is 2.45. The van der Waals surface area contributed by atoms with Gasteiger partial charge in [-0.3, -0.25) is 19.8 Å². The fourth-order valence-electron chi connectivity index (χ4n) is 3.05. The zero-order chi connectivity index (χ0) is 14.1. The Labute approximate surface area is 116 Å². The smallest absolute Gasteiger partial charge is 0.331 e. The first-order valence-electron chi connectivity index (χ1n) is 6.85. The van der Waals surface area contributed by atoms with Gasteiger partial charge in [0.25, 0.3) is 0 Å². The second-order valence-corrected chi connectivity index (χ2v) is 5.32. The Kier molecular flexibility index (Phi) is 3.30. The van der Waals surface area contributed by atoms with Gasteiger partial charge in [-0.2, -0.15) is 0 Å². The van der Waals surface area contributed by atoms with Gasteiger partial charge in [0.1, 0.15) is 11.7 Å². The van der Waals surface area contributed by atoms with Gasteiger partial charge < -0.3 is 4.42 Å². The number of hydrogen-bond acceptors (Lipinski definition) is 4. The summed E-state index contributed by atoms with van der Waals surface area (Å²) in [6.07, 6.45) is 5.29. The number of carbonyl (C=O) groups excluding carboxylic acids is 3. The fraction of sp³-hybridized carbons (Fsp3) is 0.500. The predicted molar refractivity (Wildman–Crippen MR) is 68.2 cm³/mol. The lowest BCUT2D eigenvalue weighted by Gasteiger charge is -2.32. The minimum absolute atomic E-state index is 0.0506. The lowest BCUT2D eigenvalue weighted by atomic mass is 9.87. The van der Waals surface area contributed by atoms with Crippen molar-refractivity contribution in [2.75, 3.05) is 0 Å². The zero-order valence-electron chi connectivity index (χ0n) is 11.0. The number of hydrogen-bond donors (Lipinski definition) is 1. The molecule has 106 valence electrons. The Morgan fingerprint density at radius 1 is 1.25 bits per heavy atom. The zero-order valence-corrected chi connectivity index (χ0v) is 11.0. The number of nitrogens with one attached hydrogen (secondary N) is 1. The largest absolute Gasteiger partial charge is 0.467 e. The number of rotatable bonds is 3. The van der Waals surface area contributed by atoms with Crippen LogP contribution in [0.1, 0.15) is 31.4 Å². The maximum Gasteiger partial charge on any atom is 0.331 e. The third kappa shape index (κ3) is 2.21. The lowest BCUT2D eigenvalue weighted by Crippen LogP contribution is -2.58. The maximum absolute atomic E-state index is 12.5. The van der Waals surface area contributed by atoms with Crippen LogP contribution >= 0.6 is 0 Å². The molecule has 0 aromatic carbocycles. The number of imide groups is 2. The van der Waals surface area contributed by atoms with E-state index >= 15 is 0 Å². The Morgan fingerprint density at radius 3 is 2.65 bits per heavy atom. The second-order valence-electron chi connectivity index (χ2n) is 5.32. The molecule has 0 bridgehead atoms. The van der Waals surface area contributed by atoms with E-state index in [1.165, 1.54) is 6.26 Å². The summed E-state index contributed by atoms with van der Waals surface area (Å²) in [7, 11) is 0. The van der Waals surface area contributed by atoms with Crippen molar-refractivity contribution in [2.45, 2.75) is 32.2 Å². The van der Waals surface area contributed by atoms with Gasteiger partial charge in [-0.15, -0.1) is 0 Å². The number of nitrogens with zero attached hydrogens (tertiary/aromatic N) is 1. The average molecular weight is 276 g/mol. The highest BCUT2D eigenvalue weighted by Crippen LogP contribution is 2.34. The SMILES string of the molecule is O=C1NC(=O)N(Cc2ccco2)C(=O)C1C1CCCC1. The second kappa shape index (κ2) is 5.11. The molecule has 2 aliphatic rings. The molecule has 1 aromatic rings. The van der Waals surface area contributed by atoms with Crippen LogP contribution in [0.2, 0.25) is 0 Å². The summed E-state index contributed by atoms with van der Waals surface area (Å²) in [6, 6.07) is 2.73. The first kappa shape index (κ1) is 12.9. The lowest BCUT2D eigenvalue weighted by molar-refractivity contribution is -0.145. The molecule has 1 N–H and O–H groups in total. The molecule has 20 heavy (non-hydrogen) atoms. The van der Waals surface area contributed by atoms with E-state index in [9.17, 15) is 14.4 Å². The summed E-state index contributed by atoms with van der Waals surface area (Å²) in [6.45, 7) is 0.0637. The standard InChI is InChI=1S/C14H16N2O4/c17-12-11(9-4-1-2-5-9)13(18)16(14(19)15-12)8-10-6-3-7-20-10/h3,6-7,9,11H,1-2,4-5,8H2,(H,15,17,19). The van der Waals surface area contributed by atoms with Crippen LogP contribution in [0.25, 0.3) is 0 Å². The normalized spacial score (nSPS) is 24.3. The number of barbiturate groups is 1. The van der Waals surface area contributed by atoms with E-state index in [1.807, 2.05) is 0 Å². The summed E-state index contributed by atoms with van der Waals surface area (Å²) in [4.78, 5) is 37.3. The van der Waals surface area contributed by atoms with Crippen molar-refractivity contribution in [3.63, 3.8) is 0 Å². The van der Waals surface area contributed by atoms with Crippen molar-refractivity contribution in [3.8, 4) is 0 Å². The summed E-state index contributed by atoms with van der Waals surface area (Å²) in [5.74, 6) is -1.02. The van der Waals surface area contributed by atoms with E-state index in [2.05, 4.69) is 5.32 Å². The molecule has 1 saturated heterocycles. The van der Waals surface area contributed by atoms with Crippen molar-refractivity contribution >= 4 is 17.8 Å². The number of amides is 4. The topological polar surface area (TPSA) is 79.6 Å². The van der Waals surface area contributed by atoms with E-state index in [1.54, 1.807) is 12.1 Å². The Hall–Kier alpha value is -2.11. The van der Waals surface area contributed by atoms with Crippen molar-refractivity contribution in [1.82, 2.24) is 10.2 Å². The third-order valence-electron chi connectivity index (χ3n) is 4.06. The van der Waals surface area contributed by atoms with Crippen LogP contribution in [-0.4, -0.2) is 22.7 Å². The Morgan fingerprint density at radius 2 is 2.00 bits per heavy atom. The molecule has 1 atom stereocenters. The van der Waals surface area contributed by atoms with Crippen LogP contribution in [0.3, 0.4) is 0 Å². The van der Waals surface area contributed by atoms with Crippen molar-refractivity contribution in [1.29, 1.82) is 0 Å². The molecule has 4 amide bonds. The molecule has 0 spiro atoms. The summed E-state index contributed by atoms with van der Waals surface area (Å²) < 4.78 is 5.16. The maximum atomic E-state index is 12.5. The minimum Gasteiger partial charge on any atom is -0.467 e. The van der Waals surface area contributed by atoms with E-state index < -0.39 is 23.8 Å². The van der Waals surface area contributed by atoms with Crippen LogP contribution in [0, 0.1) is 11.8 Å². The van der Waals surface area contributed by atoms with Gasteiger partial charge in [-0.25, -0.2) is 4.79 Å². The van der Waals surface area contributed by atoms with Crippen LogP contribution in [0.5, 0.6) is 0 Å². The number of furan rings is 1. The molecule has 2 heterocycles. The van der Waals surface area contributed by atoms with E-state index in [-0.39, 0.29) is 12.5 Å². The van der Waals surface area contributed by atoms with Gasteiger partial charge in [-0.1, -0.05) is 12.8 Å². The molecule has 1 saturated carbocycles. The van der Waals surface area contributed by atoms with Crippen molar-refractivity contribution in [2.24, 2.45) is 11.8 Å². The van der Waals surface area contributed by atoms with Gasteiger partial charge in [0.15, 0.2) is 0 Å². The highest BCUT2D eigenvalue weighted by molar-refractivity contribution is 6.16. The number of urea groups is 1. The Balaban J connectivity index is 1.80. The Bertz CT molecular complexity index is 531. The first-order chi connectivity index (χ1) is 9.66. The fourth-order valence-corrected chi connectivity index (χ4v) is 3.05. The molecule has 3 rings (SSSR count). The predicted octanol–water partition coefficient (Wildman–Crippen LogP) is 1.66. The molecule has 1 aromatic heterocycles. The quantitative estimate of drug-likeness (QED) is 0.851. The van der Waals surface area contributed by atoms with Crippen LogP contribution in [0.15, 0.2) is 22.8 Å². The number of carbonyl (C=O) groups is 3. The summed E-state index contributed by atoms with van der Waals surface area (Å²) >= 11 is 0.